The lowest BCUT2D eigenvalue weighted by Crippen LogP contribution is -2.15. The number of ether oxygens (including phenoxy) is 1. The molecular formula is C19H17N3O4. The number of benzene rings is 2. The van der Waals surface area contributed by atoms with E-state index in [0.717, 1.165) is 0 Å². The van der Waals surface area contributed by atoms with Crippen LogP contribution in [0.4, 0.5) is 11.4 Å². The van der Waals surface area contributed by atoms with Gasteiger partial charge in [0.15, 0.2) is 0 Å². The number of carboxylic acid groups (broad SMARTS) is 1. The standard InChI is InChI=1S/C19H17N3O4/c1-2-26-17-9-4-3-8-16(17)21-12-14(11-20)18(23)22-15-7-5-6-13(10-15)19(24)25/h3-10,12,21H,2H2,1H3,(H,22,23)(H,24,25)/b14-12-. The van der Waals surface area contributed by atoms with Crippen LogP contribution in [0, 0.1) is 11.3 Å². The predicted octanol–water partition coefficient (Wildman–Crippen LogP) is 3.24. The molecule has 0 radical (unpaired) electrons. The number of anilines is 2. The van der Waals surface area contributed by atoms with E-state index in [9.17, 15) is 14.9 Å². The van der Waals surface area contributed by atoms with Gasteiger partial charge < -0.3 is 20.5 Å². The lowest BCUT2D eigenvalue weighted by atomic mass is 10.2. The zero-order valence-electron chi connectivity index (χ0n) is 14.0. The molecule has 2 aromatic carbocycles. The summed E-state index contributed by atoms with van der Waals surface area (Å²) in [4.78, 5) is 23.2. The summed E-state index contributed by atoms with van der Waals surface area (Å²) in [5, 5.41) is 23.6. The van der Waals surface area contributed by atoms with E-state index in [-0.39, 0.29) is 16.8 Å². The number of nitrogens with one attached hydrogen (secondary N) is 2. The molecule has 0 aliphatic heterocycles. The number of nitrogens with zero attached hydrogens (tertiary/aromatic N) is 1. The third-order valence-corrected chi connectivity index (χ3v) is 3.29. The zero-order valence-corrected chi connectivity index (χ0v) is 14.0. The Labute approximate surface area is 150 Å². The van der Waals surface area contributed by atoms with Crippen molar-refractivity contribution in [2.75, 3.05) is 17.2 Å². The van der Waals surface area contributed by atoms with Crippen LogP contribution in [0.1, 0.15) is 17.3 Å². The van der Waals surface area contributed by atoms with Crippen molar-refractivity contribution in [3.8, 4) is 11.8 Å². The molecule has 2 aromatic rings. The molecular weight excluding hydrogens is 334 g/mol. The molecule has 0 unspecified atom stereocenters. The molecule has 0 fully saturated rings. The first-order valence-corrected chi connectivity index (χ1v) is 7.78. The van der Waals surface area contributed by atoms with Crippen LogP contribution in [0.3, 0.4) is 0 Å². The Bertz CT molecular complexity index is 884. The number of hydrogen-bond donors (Lipinski definition) is 3. The molecule has 0 spiro atoms. The summed E-state index contributed by atoms with van der Waals surface area (Å²) in [6.45, 7) is 2.33. The van der Waals surface area contributed by atoms with Gasteiger partial charge in [-0.1, -0.05) is 18.2 Å². The smallest absolute Gasteiger partial charge is 0.335 e. The first-order valence-electron chi connectivity index (χ1n) is 7.78. The highest BCUT2D eigenvalue weighted by Gasteiger charge is 2.11. The lowest BCUT2D eigenvalue weighted by molar-refractivity contribution is -0.112. The summed E-state index contributed by atoms with van der Waals surface area (Å²) in [5.74, 6) is -1.17. The fourth-order valence-corrected chi connectivity index (χ4v) is 2.09. The molecule has 2 rings (SSSR count). The van der Waals surface area contributed by atoms with E-state index in [4.69, 9.17) is 9.84 Å². The van der Waals surface area contributed by atoms with Gasteiger partial charge in [-0.15, -0.1) is 0 Å². The van der Waals surface area contributed by atoms with Crippen LogP contribution in [0.2, 0.25) is 0 Å². The van der Waals surface area contributed by atoms with Crippen molar-refractivity contribution in [3.63, 3.8) is 0 Å². The Hall–Kier alpha value is -3.79. The van der Waals surface area contributed by atoms with Crippen molar-refractivity contribution in [3.05, 3.63) is 65.9 Å². The third-order valence-electron chi connectivity index (χ3n) is 3.29. The highest BCUT2D eigenvalue weighted by Crippen LogP contribution is 2.24. The van der Waals surface area contributed by atoms with Crippen LogP contribution in [-0.4, -0.2) is 23.6 Å². The minimum absolute atomic E-state index is 0.0362. The molecule has 0 saturated carbocycles. The Morgan fingerprint density at radius 1 is 1.23 bits per heavy atom. The third kappa shape index (κ3) is 4.85. The maximum atomic E-state index is 12.2. The van der Waals surface area contributed by atoms with Crippen molar-refractivity contribution in [2.45, 2.75) is 6.92 Å². The highest BCUT2D eigenvalue weighted by atomic mass is 16.5. The molecule has 0 saturated heterocycles. The van der Waals surface area contributed by atoms with Crippen LogP contribution >= 0.6 is 0 Å². The molecule has 0 atom stereocenters. The largest absolute Gasteiger partial charge is 0.492 e. The SMILES string of the molecule is CCOc1ccccc1N/C=C(/C#N)C(=O)Nc1cccc(C(=O)O)c1. The molecule has 0 heterocycles. The average molecular weight is 351 g/mol. The Balaban J connectivity index is 2.14. The number of nitriles is 1. The summed E-state index contributed by atoms with van der Waals surface area (Å²) in [5.41, 5.74) is 0.764. The second kappa shape index (κ2) is 8.89. The van der Waals surface area contributed by atoms with E-state index >= 15 is 0 Å². The molecule has 132 valence electrons. The number of carbonyl (C=O) groups excluding carboxylic acids is 1. The fraction of sp³-hybridized carbons (Fsp3) is 0.105. The summed E-state index contributed by atoms with van der Waals surface area (Å²) in [6, 6.07) is 14.7. The second-order valence-electron chi connectivity index (χ2n) is 5.08. The fourth-order valence-electron chi connectivity index (χ4n) is 2.09. The van der Waals surface area contributed by atoms with Gasteiger partial charge in [0.2, 0.25) is 0 Å². The van der Waals surface area contributed by atoms with E-state index < -0.39 is 11.9 Å². The Morgan fingerprint density at radius 2 is 2.00 bits per heavy atom. The minimum Gasteiger partial charge on any atom is -0.492 e. The van der Waals surface area contributed by atoms with Gasteiger partial charge in [0.05, 0.1) is 17.9 Å². The summed E-state index contributed by atoms with van der Waals surface area (Å²) in [6.07, 6.45) is 1.27. The van der Waals surface area contributed by atoms with Gasteiger partial charge in [-0.05, 0) is 37.3 Å². The number of rotatable bonds is 7. The van der Waals surface area contributed by atoms with Crippen molar-refractivity contribution < 1.29 is 19.4 Å². The topological polar surface area (TPSA) is 111 Å². The summed E-state index contributed by atoms with van der Waals surface area (Å²) in [7, 11) is 0. The Morgan fingerprint density at radius 3 is 2.69 bits per heavy atom. The van der Waals surface area contributed by atoms with Crippen molar-refractivity contribution in [1.29, 1.82) is 5.26 Å². The molecule has 26 heavy (non-hydrogen) atoms. The monoisotopic (exact) mass is 351 g/mol. The van der Waals surface area contributed by atoms with Crippen LogP contribution < -0.4 is 15.4 Å². The molecule has 0 bridgehead atoms. The van der Waals surface area contributed by atoms with Gasteiger partial charge in [-0.2, -0.15) is 5.26 Å². The average Bonchev–Trinajstić information content (AvgIpc) is 2.64. The number of para-hydroxylation sites is 2. The van der Waals surface area contributed by atoms with Gasteiger partial charge in [0.1, 0.15) is 17.4 Å². The number of amides is 1. The van der Waals surface area contributed by atoms with E-state index in [1.807, 2.05) is 19.1 Å². The van der Waals surface area contributed by atoms with Crippen LogP contribution in [0.15, 0.2) is 60.3 Å². The van der Waals surface area contributed by atoms with E-state index in [1.165, 1.54) is 30.5 Å². The van der Waals surface area contributed by atoms with Crippen molar-refractivity contribution >= 4 is 23.3 Å². The van der Waals surface area contributed by atoms with E-state index in [0.29, 0.717) is 18.0 Å². The number of hydrogen-bond acceptors (Lipinski definition) is 5. The van der Waals surface area contributed by atoms with Crippen LogP contribution in [0.25, 0.3) is 0 Å². The maximum absolute atomic E-state index is 12.2. The molecule has 7 nitrogen and oxygen atoms in total. The van der Waals surface area contributed by atoms with Crippen LogP contribution in [0.5, 0.6) is 5.75 Å². The normalized spacial score (nSPS) is 10.5. The van der Waals surface area contributed by atoms with Gasteiger partial charge in [0.25, 0.3) is 5.91 Å². The second-order valence-corrected chi connectivity index (χ2v) is 5.08. The number of carbonyl (C=O) groups is 2. The molecule has 7 heteroatoms. The van der Waals surface area contributed by atoms with E-state index in [1.54, 1.807) is 18.2 Å². The van der Waals surface area contributed by atoms with E-state index in [2.05, 4.69) is 10.6 Å². The van der Waals surface area contributed by atoms with Gasteiger partial charge in [-0.3, -0.25) is 4.79 Å². The van der Waals surface area contributed by atoms with Gasteiger partial charge in [-0.25, -0.2) is 4.79 Å². The molecule has 0 aliphatic rings. The van der Waals surface area contributed by atoms with Gasteiger partial charge in [0, 0.05) is 11.9 Å². The molecule has 3 N–H and O–H groups in total. The maximum Gasteiger partial charge on any atom is 0.335 e. The first-order chi connectivity index (χ1) is 12.5. The van der Waals surface area contributed by atoms with Gasteiger partial charge >= 0.3 is 5.97 Å². The lowest BCUT2D eigenvalue weighted by Gasteiger charge is -2.10. The molecule has 0 aromatic heterocycles. The highest BCUT2D eigenvalue weighted by molar-refractivity contribution is 6.07. The van der Waals surface area contributed by atoms with Crippen LogP contribution in [-0.2, 0) is 4.79 Å². The van der Waals surface area contributed by atoms with Crippen molar-refractivity contribution in [2.24, 2.45) is 0 Å². The first kappa shape index (κ1) is 18.5. The predicted molar refractivity (Wildman–Crippen MR) is 97.0 cm³/mol. The quantitative estimate of drug-likeness (QED) is 0.521. The minimum atomic E-state index is -1.11. The Kier molecular flexibility index (Phi) is 6.34. The zero-order chi connectivity index (χ0) is 18.9. The summed E-state index contributed by atoms with van der Waals surface area (Å²) >= 11 is 0. The summed E-state index contributed by atoms with van der Waals surface area (Å²) < 4.78 is 5.46. The van der Waals surface area contributed by atoms with Crippen molar-refractivity contribution in [1.82, 2.24) is 0 Å². The number of carboxylic acids is 1. The molecule has 1 amide bonds. The number of aromatic carboxylic acids is 1. The molecule has 0 aliphatic carbocycles.